The Kier molecular flexibility index (Phi) is 5.36. The first-order valence-electron chi connectivity index (χ1n) is 5.61. The molecule has 0 aliphatic carbocycles. The van der Waals surface area contributed by atoms with Crippen LogP contribution in [0.25, 0.3) is 0 Å². The molecule has 2 rings (SSSR count). The highest BCUT2D eigenvalue weighted by Crippen LogP contribution is 2.26. The van der Waals surface area contributed by atoms with Crippen LogP contribution in [0.4, 0.5) is 5.69 Å². The zero-order chi connectivity index (χ0) is 13.8. The van der Waals surface area contributed by atoms with Crippen molar-refractivity contribution in [2.24, 2.45) is 0 Å². The van der Waals surface area contributed by atoms with Crippen molar-refractivity contribution in [2.45, 2.75) is 6.54 Å². The van der Waals surface area contributed by atoms with Gasteiger partial charge in [-0.15, -0.1) is 0 Å². The molecule has 0 atom stereocenters. The Morgan fingerprint density at radius 1 is 1.26 bits per heavy atom. The van der Waals surface area contributed by atoms with Gasteiger partial charge in [-0.25, -0.2) is 0 Å². The minimum atomic E-state index is 0.695. The van der Waals surface area contributed by atoms with Gasteiger partial charge < -0.3 is 10.1 Å². The second-order valence-electron chi connectivity index (χ2n) is 3.93. The average molecular weight is 453 g/mol. The highest BCUT2D eigenvalue weighted by molar-refractivity contribution is 14.1. The summed E-state index contributed by atoms with van der Waals surface area (Å²) in [5.41, 5.74) is 2.16. The molecule has 0 radical (unpaired) electrons. The molecule has 0 saturated carbocycles. The minimum Gasteiger partial charge on any atom is -0.496 e. The molecule has 0 amide bonds. The van der Waals surface area contributed by atoms with Gasteiger partial charge in [-0.2, -0.15) is 0 Å². The predicted molar refractivity (Wildman–Crippen MR) is 92.2 cm³/mol. The summed E-state index contributed by atoms with van der Waals surface area (Å²) < 4.78 is 7.49. The van der Waals surface area contributed by atoms with E-state index in [4.69, 9.17) is 16.3 Å². The molecule has 0 saturated heterocycles. The summed E-state index contributed by atoms with van der Waals surface area (Å²) in [5, 5.41) is 4.14. The molecule has 0 aliphatic rings. The zero-order valence-corrected chi connectivity index (χ0v) is 14.7. The normalized spacial score (nSPS) is 10.3. The monoisotopic (exact) mass is 451 g/mol. The van der Waals surface area contributed by atoms with E-state index >= 15 is 0 Å². The SMILES string of the molecule is COc1ccc(Br)cc1CNc1ccc(Cl)cc1I. The topological polar surface area (TPSA) is 21.3 Å². The third kappa shape index (κ3) is 4.00. The lowest BCUT2D eigenvalue weighted by molar-refractivity contribution is 0.410. The van der Waals surface area contributed by atoms with E-state index in [-0.39, 0.29) is 0 Å². The van der Waals surface area contributed by atoms with Gasteiger partial charge in [0.05, 0.1) is 7.11 Å². The fourth-order valence-electron chi connectivity index (χ4n) is 1.71. The standard InChI is InChI=1S/C14H12BrClINO/c1-19-14-5-2-10(15)6-9(14)8-18-13-4-3-11(16)7-12(13)17/h2-7,18H,8H2,1H3. The smallest absolute Gasteiger partial charge is 0.123 e. The van der Waals surface area contributed by atoms with Gasteiger partial charge in [0, 0.05) is 30.9 Å². The molecule has 2 aromatic carbocycles. The quantitative estimate of drug-likeness (QED) is 0.634. The van der Waals surface area contributed by atoms with Gasteiger partial charge in [-0.3, -0.25) is 0 Å². The van der Waals surface area contributed by atoms with Crippen LogP contribution in [0.5, 0.6) is 5.75 Å². The highest BCUT2D eigenvalue weighted by Gasteiger charge is 2.05. The minimum absolute atomic E-state index is 0.695. The summed E-state index contributed by atoms with van der Waals surface area (Å²) in [4.78, 5) is 0. The van der Waals surface area contributed by atoms with E-state index in [0.29, 0.717) is 6.54 Å². The van der Waals surface area contributed by atoms with Crippen LogP contribution >= 0.6 is 50.1 Å². The van der Waals surface area contributed by atoms with E-state index in [2.05, 4.69) is 49.9 Å². The highest BCUT2D eigenvalue weighted by atomic mass is 127. The molecule has 2 nitrogen and oxygen atoms in total. The van der Waals surface area contributed by atoms with Crippen LogP contribution in [0.15, 0.2) is 40.9 Å². The summed E-state index contributed by atoms with van der Waals surface area (Å²) in [6, 6.07) is 11.8. The summed E-state index contributed by atoms with van der Waals surface area (Å²) in [7, 11) is 1.68. The average Bonchev–Trinajstić information content (AvgIpc) is 2.38. The Morgan fingerprint density at radius 2 is 2.05 bits per heavy atom. The van der Waals surface area contributed by atoms with Crippen LogP contribution in [0.3, 0.4) is 0 Å². The van der Waals surface area contributed by atoms with Gasteiger partial charge in [0.1, 0.15) is 5.75 Å². The van der Waals surface area contributed by atoms with Crippen LogP contribution < -0.4 is 10.1 Å². The van der Waals surface area contributed by atoms with E-state index in [1.54, 1.807) is 7.11 Å². The van der Waals surface area contributed by atoms with Gasteiger partial charge in [0.15, 0.2) is 0 Å². The van der Waals surface area contributed by atoms with Gasteiger partial charge in [-0.1, -0.05) is 27.5 Å². The number of rotatable bonds is 4. The molecule has 0 bridgehead atoms. The van der Waals surface area contributed by atoms with Crippen molar-refractivity contribution in [3.05, 3.63) is 55.0 Å². The van der Waals surface area contributed by atoms with Crippen LogP contribution in [0, 0.1) is 3.57 Å². The van der Waals surface area contributed by atoms with E-state index in [9.17, 15) is 0 Å². The van der Waals surface area contributed by atoms with Crippen LogP contribution in [-0.4, -0.2) is 7.11 Å². The van der Waals surface area contributed by atoms with Crippen molar-refractivity contribution in [1.29, 1.82) is 0 Å². The first kappa shape index (κ1) is 14.9. The molecule has 0 fully saturated rings. The molecule has 5 heteroatoms. The molecule has 0 aliphatic heterocycles. The number of hydrogen-bond acceptors (Lipinski definition) is 2. The number of benzene rings is 2. The molecular formula is C14H12BrClINO. The maximum atomic E-state index is 5.94. The van der Waals surface area contributed by atoms with Crippen molar-refractivity contribution in [1.82, 2.24) is 0 Å². The lowest BCUT2D eigenvalue weighted by atomic mass is 10.2. The fourth-order valence-corrected chi connectivity index (χ4v) is 3.18. The third-order valence-corrected chi connectivity index (χ3v) is 4.26. The van der Waals surface area contributed by atoms with Crippen molar-refractivity contribution in [3.8, 4) is 5.75 Å². The lowest BCUT2D eigenvalue weighted by Gasteiger charge is -2.12. The van der Waals surface area contributed by atoms with Crippen molar-refractivity contribution in [2.75, 3.05) is 12.4 Å². The van der Waals surface area contributed by atoms with E-state index in [1.165, 1.54) is 0 Å². The zero-order valence-electron chi connectivity index (χ0n) is 10.2. The fraction of sp³-hybridized carbons (Fsp3) is 0.143. The van der Waals surface area contributed by atoms with E-state index < -0.39 is 0 Å². The molecule has 100 valence electrons. The Balaban J connectivity index is 2.16. The number of nitrogens with one attached hydrogen (secondary N) is 1. The first-order valence-corrected chi connectivity index (χ1v) is 7.86. The van der Waals surface area contributed by atoms with Gasteiger partial charge >= 0.3 is 0 Å². The van der Waals surface area contributed by atoms with Crippen LogP contribution in [-0.2, 0) is 6.54 Å². The molecule has 1 N–H and O–H groups in total. The van der Waals surface area contributed by atoms with Crippen molar-refractivity contribution >= 4 is 55.8 Å². The Bertz CT molecular complexity index is 592. The predicted octanol–water partition coefficient (Wildman–Crippen LogP) is 5.33. The van der Waals surface area contributed by atoms with E-state index in [1.807, 2.05) is 30.3 Å². The lowest BCUT2D eigenvalue weighted by Crippen LogP contribution is -2.03. The Hall–Kier alpha value is -0.460. The Morgan fingerprint density at radius 3 is 2.74 bits per heavy atom. The third-order valence-electron chi connectivity index (χ3n) is 2.64. The van der Waals surface area contributed by atoms with E-state index in [0.717, 1.165) is 30.1 Å². The molecule has 0 aromatic heterocycles. The van der Waals surface area contributed by atoms with Gasteiger partial charge in [0.2, 0.25) is 0 Å². The molecule has 0 unspecified atom stereocenters. The first-order chi connectivity index (χ1) is 9.10. The second kappa shape index (κ2) is 6.81. The van der Waals surface area contributed by atoms with Crippen LogP contribution in [0.1, 0.15) is 5.56 Å². The second-order valence-corrected chi connectivity index (χ2v) is 6.45. The van der Waals surface area contributed by atoms with Crippen molar-refractivity contribution in [3.63, 3.8) is 0 Å². The number of anilines is 1. The Labute approximate surface area is 139 Å². The van der Waals surface area contributed by atoms with Crippen molar-refractivity contribution < 1.29 is 4.74 Å². The van der Waals surface area contributed by atoms with Gasteiger partial charge in [0.25, 0.3) is 0 Å². The number of hydrogen-bond donors (Lipinski definition) is 1. The maximum absolute atomic E-state index is 5.94. The summed E-state index contributed by atoms with van der Waals surface area (Å²) in [6.45, 7) is 0.695. The largest absolute Gasteiger partial charge is 0.496 e. The summed E-state index contributed by atoms with van der Waals surface area (Å²) >= 11 is 11.7. The molecule has 0 spiro atoms. The number of halogens is 3. The summed E-state index contributed by atoms with van der Waals surface area (Å²) in [6.07, 6.45) is 0. The molecule has 0 heterocycles. The molecular weight excluding hydrogens is 440 g/mol. The maximum Gasteiger partial charge on any atom is 0.123 e. The number of ether oxygens (including phenoxy) is 1. The molecule has 2 aromatic rings. The molecule has 19 heavy (non-hydrogen) atoms. The number of methoxy groups -OCH3 is 1. The summed E-state index contributed by atoms with van der Waals surface area (Å²) in [5.74, 6) is 0.875. The van der Waals surface area contributed by atoms with Crippen LogP contribution in [0.2, 0.25) is 5.02 Å². The van der Waals surface area contributed by atoms with Gasteiger partial charge in [-0.05, 0) is 59.0 Å².